The van der Waals surface area contributed by atoms with Gasteiger partial charge in [0, 0.05) is 18.3 Å². The average Bonchev–Trinajstić information content (AvgIpc) is 2.90. The van der Waals surface area contributed by atoms with E-state index in [9.17, 15) is 19.5 Å². The molecule has 3 fully saturated rings. The third kappa shape index (κ3) is 3.03. The van der Waals surface area contributed by atoms with Crippen molar-refractivity contribution in [3.8, 4) is 0 Å². The second-order valence-corrected chi connectivity index (χ2v) is 8.55. The molecule has 2 saturated heterocycles. The molecule has 144 valence electrons. The number of ether oxygens (including phenoxy) is 2. The lowest BCUT2D eigenvalue weighted by atomic mass is 9.58. The highest BCUT2D eigenvalue weighted by Crippen LogP contribution is 2.57. The summed E-state index contributed by atoms with van der Waals surface area (Å²) in [7, 11) is 0. The maximum absolute atomic E-state index is 12.6. The van der Waals surface area contributed by atoms with Gasteiger partial charge in [-0.05, 0) is 51.7 Å². The number of esters is 1. The molecule has 1 aliphatic carbocycles. The largest absolute Gasteiger partial charge is 0.452 e. The SMILES string of the molecule is CC(=O)C[C@H]1O[C@@H]2[C@H]3[C@@H](CC[C@@](C)(O)[C@H]31)[C@@H](C)C(=O)O[C@@]2(C)/C=C/C=O. The predicted octanol–water partition coefficient (Wildman–Crippen LogP) is 1.83. The summed E-state index contributed by atoms with van der Waals surface area (Å²) in [6, 6.07) is 0. The lowest BCUT2D eigenvalue weighted by Gasteiger charge is -2.46. The fourth-order valence-electron chi connectivity index (χ4n) is 5.38. The zero-order valence-electron chi connectivity index (χ0n) is 15.8. The van der Waals surface area contributed by atoms with Crippen LogP contribution in [0.2, 0.25) is 0 Å². The van der Waals surface area contributed by atoms with Gasteiger partial charge in [-0.2, -0.15) is 0 Å². The molecule has 0 spiro atoms. The summed E-state index contributed by atoms with van der Waals surface area (Å²) in [6.07, 6.45) is 4.07. The van der Waals surface area contributed by atoms with Gasteiger partial charge in [0.15, 0.2) is 5.60 Å². The van der Waals surface area contributed by atoms with E-state index in [1.165, 1.54) is 13.0 Å². The maximum atomic E-state index is 12.6. The molecular formula is C20H28O6. The molecule has 6 nitrogen and oxygen atoms in total. The lowest BCUT2D eigenvalue weighted by molar-refractivity contribution is -0.169. The van der Waals surface area contributed by atoms with Crippen LogP contribution in [-0.2, 0) is 23.9 Å². The number of allylic oxidation sites excluding steroid dienone is 1. The van der Waals surface area contributed by atoms with Gasteiger partial charge >= 0.3 is 5.97 Å². The number of ketones is 1. The second-order valence-electron chi connectivity index (χ2n) is 8.55. The van der Waals surface area contributed by atoms with E-state index >= 15 is 0 Å². The Balaban J connectivity index is 2.10. The van der Waals surface area contributed by atoms with Crippen LogP contribution >= 0.6 is 0 Å². The molecule has 0 radical (unpaired) electrons. The Hall–Kier alpha value is -1.53. The number of carbonyl (C=O) groups is 3. The van der Waals surface area contributed by atoms with Crippen molar-refractivity contribution in [3.63, 3.8) is 0 Å². The maximum Gasteiger partial charge on any atom is 0.309 e. The van der Waals surface area contributed by atoms with Gasteiger partial charge in [-0.1, -0.05) is 6.92 Å². The molecule has 26 heavy (non-hydrogen) atoms. The molecule has 1 N–H and O–H groups in total. The van der Waals surface area contributed by atoms with E-state index in [0.717, 1.165) is 0 Å². The molecule has 3 aliphatic rings. The summed E-state index contributed by atoms with van der Waals surface area (Å²) < 4.78 is 12.1. The van der Waals surface area contributed by atoms with Gasteiger partial charge in [0.05, 0.1) is 17.6 Å². The third-order valence-electron chi connectivity index (χ3n) is 6.58. The Morgan fingerprint density at radius 2 is 2.08 bits per heavy atom. The van der Waals surface area contributed by atoms with E-state index in [1.54, 1.807) is 19.9 Å². The van der Waals surface area contributed by atoms with E-state index in [4.69, 9.17) is 9.47 Å². The summed E-state index contributed by atoms with van der Waals surface area (Å²) in [5.41, 5.74) is -2.08. The number of carbonyl (C=O) groups excluding carboxylic acids is 3. The summed E-state index contributed by atoms with van der Waals surface area (Å²) in [5, 5.41) is 11.1. The van der Waals surface area contributed by atoms with Crippen LogP contribution in [0, 0.1) is 23.7 Å². The van der Waals surface area contributed by atoms with E-state index in [-0.39, 0.29) is 41.8 Å². The van der Waals surface area contributed by atoms with Crippen LogP contribution in [0.25, 0.3) is 0 Å². The zero-order valence-corrected chi connectivity index (χ0v) is 15.8. The molecule has 0 aromatic carbocycles. The van der Waals surface area contributed by atoms with E-state index < -0.39 is 23.4 Å². The topological polar surface area (TPSA) is 89.9 Å². The van der Waals surface area contributed by atoms with Gasteiger partial charge in [0.1, 0.15) is 18.2 Å². The van der Waals surface area contributed by atoms with Crippen molar-refractivity contribution in [3.05, 3.63) is 12.2 Å². The smallest absolute Gasteiger partial charge is 0.309 e. The summed E-state index contributed by atoms with van der Waals surface area (Å²) in [5.74, 6) is -0.996. The van der Waals surface area contributed by atoms with Gasteiger partial charge < -0.3 is 14.6 Å². The average molecular weight is 364 g/mol. The van der Waals surface area contributed by atoms with Gasteiger partial charge in [-0.15, -0.1) is 0 Å². The first-order chi connectivity index (χ1) is 12.1. The quantitative estimate of drug-likeness (QED) is 0.465. The van der Waals surface area contributed by atoms with E-state index in [2.05, 4.69) is 0 Å². The molecule has 2 aliphatic heterocycles. The summed E-state index contributed by atoms with van der Waals surface area (Å²) in [6.45, 7) is 6.90. The van der Waals surface area contributed by atoms with Crippen molar-refractivity contribution in [2.45, 2.75) is 70.4 Å². The number of hydrogen-bond donors (Lipinski definition) is 1. The van der Waals surface area contributed by atoms with Gasteiger partial charge in [-0.25, -0.2) is 0 Å². The van der Waals surface area contributed by atoms with Crippen LogP contribution in [0.4, 0.5) is 0 Å². The number of aldehydes is 1. The monoisotopic (exact) mass is 364 g/mol. The standard InChI is InChI=1S/C20H28O6/c1-11(22)10-14-16-15-13(6-8-19(16,3)24)12(2)18(23)26-20(4,7-5-9-21)17(15)25-14/h5,7,9,12-17,24H,6,8,10H2,1-4H3/b7-5+/t12-,13+,14-,15+,16+,17-,19-,20+/m1/s1. The molecular weight excluding hydrogens is 336 g/mol. The van der Waals surface area contributed by atoms with Crippen molar-refractivity contribution < 1.29 is 29.0 Å². The number of cyclic esters (lactones) is 1. The molecule has 0 unspecified atom stereocenters. The van der Waals surface area contributed by atoms with Gasteiger partial charge in [0.25, 0.3) is 0 Å². The van der Waals surface area contributed by atoms with Crippen LogP contribution in [0.1, 0.15) is 47.0 Å². The molecule has 0 amide bonds. The number of hydrogen-bond acceptors (Lipinski definition) is 6. The van der Waals surface area contributed by atoms with Crippen molar-refractivity contribution >= 4 is 18.0 Å². The number of rotatable bonds is 4. The van der Waals surface area contributed by atoms with E-state index in [0.29, 0.717) is 19.1 Å². The molecule has 2 heterocycles. The lowest BCUT2D eigenvalue weighted by Crippen LogP contribution is -2.52. The van der Waals surface area contributed by atoms with Gasteiger partial charge in [0.2, 0.25) is 0 Å². The van der Waals surface area contributed by atoms with Crippen molar-refractivity contribution in [2.75, 3.05) is 0 Å². The third-order valence-corrected chi connectivity index (χ3v) is 6.58. The van der Waals surface area contributed by atoms with Gasteiger partial charge in [-0.3, -0.25) is 14.4 Å². The minimum absolute atomic E-state index is 0.000405. The van der Waals surface area contributed by atoms with Crippen LogP contribution in [-0.4, -0.2) is 46.6 Å². The fraction of sp³-hybridized carbons (Fsp3) is 0.750. The Morgan fingerprint density at radius 3 is 2.69 bits per heavy atom. The van der Waals surface area contributed by atoms with Crippen molar-refractivity contribution in [2.24, 2.45) is 23.7 Å². The predicted molar refractivity (Wildman–Crippen MR) is 93.2 cm³/mol. The second kappa shape index (κ2) is 6.57. The number of aliphatic hydroxyl groups is 1. The normalized spacial score (nSPS) is 48.0. The molecule has 0 bridgehead atoms. The first-order valence-corrected chi connectivity index (χ1v) is 9.34. The Morgan fingerprint density at radius 1 is 1.38 bits per heavy atom. The first kappa shape index (κ1) is 19.2. The zero-order chi connectivity index (χ0) is 19.3. The molecule has 8 atom stereocenters. The minimum atomic E-state index is -1.11. The van der Waals surface area contributed by atoms with Crippen molar-refractivity contribution in [1.82, 2.24) is 0 Å². The highest BCUT2D eigenvalue weighted by Gasteiger charge is 2.64. The van der Waals surface area contributed by atoms with Crippen molar-refractivity contribution in [1.29, 1.82) is 0 Å². The van der Waals surface area contributed by atoms with Crippen LogP contribution in [0.3, 0.4) is 0 Å². The molecule has 6 heteroatoms. The highest BCUT2D eigenvalue weighted by molar-refractivity contribution is 5.76. The minimum Gasteiger partial charge on any atom is -0.452 e. The fourth-order valence-corrected chi connectivity index (χ4v) is 5.38. The Bertz CT molecular complexity index is 638. The van der Waals surface area contributed by atoms with Crippen LogP contribution in [0.5, 0.6) is 0 Å². The molecule has 0 aromatic heterocycles. The Labute approximate surface area is 153 Å². The van der Waals surface area contributed by atoms with E-state index in [1.807, 2.05) is 6.92 Å². The molecule has 3 rings (SSSR count). The number of Topliss-reactive ketones (excluding diaryl/α,β-unsaturated/α-hetero) is 1. The summed E-state index contributed by atoms with van der Waals surface area (Å²) >= 11 is 0. The first-order valence-electron chi connectivity index (χ1n) is 9.34. The Kier molecular flexibility index (Phi) is 4.86. The highest BCUT2D eigenvalue weighted by atomic mass is 16.6. The molecule has 1 saturated carbocycles. The molecule has 0 aromatic rings. The summed E-state index contributed by atoms with van der Waals surface area (Å²) in [4.78, 5) is 35.3. The van der Waals surface area contributed by atoms with Crippen LogP contribution < -0.4 is 0 Å². The van der Waals surface area contributed by atoms with Crippen LogP contribution in [0.15, 0.2) is 12.2 Å².